The van der Waals surface area contributed by atoms with Crippen LogP contribution < -0.4 is 4.72 Å². The highest BCUT2D eigenvalue weighted by Gasteiger charge is 2.27. The van der Waals surface area contributed by atoms with Gasteiger partial charge in [-0.1, -0.05) is 0 Å². The lowest BCUT2D eigenvalue weighted by Gasteiger charge is -2.08. The average molecular weight is 347 g/mol. The molecule has 0 saturated heterocycles. The van der Waals surface area contributed by atoms with Crippen LogP contribution >= 0.6 is 15.9 Å². The molecule has 0 aliphatic heterocycles. The van der Waals surface area contributed by atoms with Gasteiger partial charge in [0, 0.05) is 17.1 Å². The molecule has 18 heavy (non-hydrogen) atoms. The molecule has 0 atom stereocenters. The van der Waals surface area contributed by atoms with Crippen molar-refractivity contribution in [2.75, 3.05) is 10.5 Å². The molecule has 0 unspecified atom stereocenters. The topological polar surface area (TPSA) is 59.1 Å². The van der Waals surface area contributed by atoms with Gasteiger partial charge >= 0.3 is 6.18 Å². The van der Waals surface area contributed by atoms with Gasteiger partial charge in [-0.3, -0.25) is 4.72 Å². The SMILES string of the molecule is O=S(=O)(CCCC(F)(F)F)Nc1ccc(Br)cn1. The van der Waals surface area contributed by atoms with E-state index >= 15 is 0 Å². The minimum Gasteiger partial charge on any atom is -0.267 e. The summed E-state index contributed by atoms with van der Waals surface area (Å²) in [7, 11) is -3.80. The van der Waals surface area contributed by atoms with Gasteiger partial charge in [-0.15, -0.1) is 0 Å². The number of hydrogen-bond acceptors (Lipinski definition) is 3. The lowest BCUT2D eigenvalue weighted by molar-refractivity contribution is -0.134. The highest BCUT2D eigenvalue weighted by atomic mass is 79.9. The van der Waals surface area contributed by atoms with Crippen LogP contribution in [0.3, 0.4) is 0 Å². The average Bonchev–Trinajstić information content (AvgIpc) is 2.18. The normalized spacial score (nSPS) is 12.4. The Bertz CT molecular complexity index is 488. The molecule has 1 aromatic heterocycles. The number of nitrogens with one attached hydrogen (secondary N) is 1. The van der Waals surface area contributed by atoms with Crippen molar-refractivity contribution in [1.82, 2.24) is 4.98 Å². The van der Waals surface area contributed by atoms with E-state index in [1.54, 1.807) is 6.07 Å². The summed E-state index contributed by atoms with van der Waals surface area (Å²) in [5.41, 5.74) is 0. The Balaban J connectivity index is 2.52. The first-order valence-corrected chi connectivity index (χ1v) is 7.31. The molecule has 0 aromatic carbocycles. The third kappa shape index (κ3) is 6.20. The fourth-order valence-electron chi connectivity index (χ4n) is 1.11. The van der Waals surface area contributed by atoms with Crippen LogP contribution in [0.5, 0.6) is 0 Å². The fourth-order valence-corrected chi connectivity index (χ4v) is 2.41. The maximum Gasteiger partial charge on any atom is 0.389 e. The van der Waals surface area contributed by atoms with E-state index in [2.05, 4.69) is 25.6 Å². The molecule has 0 aliphatic carbocycles. The predicted octanol–water partition coefficient (Wildman–Crippen LogP) is 2.93. The summed E-state index contributed by atoms with van der Waals surface area (Å²) in [5, 5.41) is 0. The lowest BCUT2D eigenvalue weighted by Crippen LogP contribution is -2.19. The first kappa shape index (κ1) is 15.2. The zero-order chi connectivity index (χ0) is 13.8. The Morgan fingerprint density at radius 1 is 1.33 bits per heavy atom. The zero-order valence-corrected chi connectivity index (χ0v) is 11.4. The summed E-state index contributed by atoms with van der Waals surface area (Å²) in [6, 6.07) is 2.98. The molecule has 102 valence electrons. The molecule has 1 aromatic rings. The zero-order valence-electron chi connectivity index (χ0n) is 9.04. The number of rotatable bonds is 5. The van der Waals surface area contributed by atoms with Crippen LogP contribution in [-0.2, 0) is 10.0 Å². The van der Waals surface area contributed by atoms with Crippen molar-refractivity contribution in [2.24, 2.45) is 0 Å². The van der Waals surface area contributed by atoms with E-state index in [-0.39, 0.29) is 5.82 Å². The van der Waals surface area contributed by atoms with E-state index in [0.717, 1.165) is 0 Å². The van der Waals surface area contributed by atoms with Crippen molar-refractivity contribution in [2.45, 2.75) is 19.0 Å². The summed E-state index contributed by atoms with van der Waals surface area (Å²) in [5.74, 6) is -0.519. The third-order valence-electron chi connectivity index (χ3n) is 1.86. The number of hydrogen-bond donors (Lipinski definition) is 1. The van der Waals surface area contributed by atoms with Crippen LogP contribution in [-0.4, -0.2) is 25.3 Å². The Morgan fingerprint density at radius 3 is 2.50 bits per heavy atom. The predicted molar refractivity (Wildman–Crippen MR) is 64.6 cm³/mol. The van der Waals surface area contributed by atoms with E-state index in [4.69, 9.17) is 0 Å². The van der Waals surface area contributed by atoms with Crippen LogP contribution in [0.2, 0.25) is 0 Å². The van der Waals surface area contributed by atoms with Crippen LogP contribution in [0, 0.1) is 0 Å². The minimum atomic E-state index is -4.34. The van der Waals surface area contributed by atoms with Gasteiger partial charge < -0.3 is 0 Å². The number of nitrogens with zero attached hydrogens (tertiary/aromatic N) is 1. The first-order valence-electron chi connectivity index (χ1n) is 4.87. The van der Waals surface area contributed by atoms with Crippen molar-refractivity contribution in [1.29, 1.82) is 0 Å². The first-order chi connectivity index (χ1) is 8.18. The second kappa shape index (κ2) is 5.87. The summed E-state index contributed by atoms with van der Waals surface area (Å²) < 4.78 is 61.3. The van der Waals surface area contributed by atoms with Crippen molar-refractivity contribution >= 4 is 31.8 Å². The van der Waals surface area contributed by atoms with Gasteiger partial charge in [0.1, 0.15) is 5.82 Å². The van der Waals surface area contributed by atoms with Gasteiger partial charge in [0.05, 0.1) is 5.75 Å². The quantitative estimate of drug-likeness (QED) is 0.891. The minimum absolute atomic E-state index is 0.0743. The Kier molecular flexibility index (Phi) is 4.97. The number of halogens is 4. The van der Waals surface area contributed by atoms with E-state index in [0.29, 0.717) is 4.47 Å². The maximum absolute atomic E-state index is 11.9. The van der Waals surface area contributed by atoms with Gasteiger partial charge in [-0.25, -0.2) is 13.4 Å². The molecule has 0 radical (unpaired) electrons. The van der Waals surface area contributed by atoms with Crippen molar-refractivity contribution in [3.05, 3.63) is 22.8 Å². The molecule has 9 heteroatoms. The summed E-state index contributed by atoms with van der Waals surface area (Å²) in [6.07, 6.45) is -4.56. The summed E-state index contributed by atoms with van der Waals surface area (Å²) in [6.45, 7) is 0. The Labute approximate surface area is 111 Å². The molecule has 1 N–H and O–H groups in total. The van der Waals surface area contributed by atoms with Gasteiger partial charge in [0.15, 0.2) is 0 Å². The summed E-state index contributed by atoms with van der Waals surface area (Å²) in [4.78, 5) is 3.76. The summed E-state index contributed by atoms with van der Waals surface area (Å²) >= 11 is 3.12. The van der Waals surface area contributed by atoms with Crippen LogP contribution in [0.25, 0.3) is 0 Å². The van der Waals surface area contributed by atoms with Crippen LogP contribution in [0.4, 0.5) is 19.0 Å². The van der Waals surface area contributed by atoms with Gasteiger partial charge in [-0.05, 0) is 34.5 Å². The number of aromatic nitrogens is 1. The van der Waals surface area contributed by atoms with Crippen molar-refractivity contribution < 1.29 is 21.6 Å². The smallest absolute Gasteiger partial charge is 0.267 e. The molecule has 0 bridgehead atoms. The van der Waals surface area contributed by atoms with E-state index in [1.807, 2.05) is 0 Å². The second-order valence-corrected chi connectivity index (χ2v) is 6.26. The lowest BCUT2D eigenvalue weighted by atomic mass is 10.3. The van der Waals surface area contributed by atoms with Crippen molar-refractivity contribution in [3.63, 3.8) is 0 Å². The largest absolute Gasteiger partial charge is 0.389 e. The van der Waals surface area contributed by atoms with Gasteiger partial charge in [0.25, 0.3) is 0 Å². The molecule has 0 spiro atoms. The highest BCUT2D eigenvalue weighted by molar-refractivity contribution is 9.10. The Hall–Kier alpha value is -0.830. The number of alkyl halides is 3. The second-order valence-electron chi connectivity index (χ2n) is 3.50. The van der Waals surface area contributed by atoms with Gasteiger partial charge in [0.2, 0.25) is 10.0 Å². The van der Waals surface area contributed by atoms with Crippen molar-refractivity contribution in [3.8, 4) is 0 Å². The molecule has 0 saturated carbocycles. The molecule has 4 nitrogen and oxygen atoms in total. The molecular weight excluding hydrogens is 337 g/mol. The third-order valence-corrected chi connectivity index (χ3v) is 3.68. The van der Waals surface area contributed by atoms with E-state index in [9.17, 15) is 21.6 Å². The Morgan fingerprint density at radius 2 is 2.00 bits per heavy atom. The standard InChI is InChI=1S/C9H10BrF3N2O2S/c10-7-2-3-8(14-6-7)15-18(16,17)5-1-4-9(11,12)13/h2-3,6H,1,4-5H2,(H,14,15). The van der Waals surface area contributed by atoms with Crippen LogP contribution in [0.15, 0.2) is 22.8 Å². The van der Waals surface area contributed by atoms with E-state index in [1.165, 1.54) is 12.3 Å². The molecule has 0 fully saturated rings. The number of sulfonamides is 1. The molecule has 1 rings (SSSR count). The molecular formula is C9H10BrF3N2O2S. The molecule has 1 heterocycles. The maximum atomic E-state index is 11.9. The number of pyridine rings is 1. The molecule has 0 amide bonds. The highest BCUT2D eigenvalue weighted by Crippen LogP contribution is 2.21. The van der Waals surface area contributed by atoms with Crippen LogP contribution in [0.1, 0.15) is 12.8 Å². The fraction of sp³-hybridized carbons (Fsp3) is 0.444. The molecule has 0 aliphatic rings. The van der Waals surface area contributed by atoms with E-state index < -0.39 is 34.8 Å². The number of anilines is 1. The van der Waals surface area contributed by atoms with Gasteiger partial charge in [-0.2, -0.15) is 13.2 Å². The monoisotopic (exact) mass is 346 g/mol.